The first-order valence-electron chi connectivity index (χ1n) is 5.39. The van der Waals surface area contributed by atoms with Crippen molar-refractivity contribution in [1.29, 1.82) is 0 Å². The summed E-state index contributed by atoms with van der Waals surface area (Å²) in [7, 11) is 0. The Balaban J connectivity index is 3.54. The molecule has 1 nitrogen and oxygen atoms in total. The Morgan fingerprint density at radius 2 is 2.08 bits per heavy atom. The van der Waals surface area contributed by atoms with Crippen LogP contribution < -0.4 is 0 Å². The van der Waals surface area contributed by atoms with Gasteiger partial charge in [-0.15, -0.1) is 0 Å². The van der Waals surface area contributed by atoms with E-state index in [-0.39, 0.29) is 0 Å². The summed E-state index contributed by atoms with van der Waals surface area (Å²) in [4.78, 5) is 11.1. The number of hydrogen-bond acceptors (Lipinski definition) is 1. The molecule has 13 heavy (non-hydrogen) atoms. The molecule has 0 aromatic rings. The fourth-order valence-electron chi connectivity index (χ4n) is 1.22. The summed E-state index contributed by atoms with van der Waals surface area (Å²) in [6, 6.07) is 0. The largest absolute Gasteiger partial charge is 0.300 e. The highest BCUT2D eigenvalue weighted by Crippen LogP contribution is 2.07. The van der Waals surface area contributed by atoms with Crippen LogP contribution in [0, 0.1) is 5.92 Å². The lowest BCUT2D eigenvalue weighted by molar-refractivity contribution is -0.119. The Hall–Kier alpha value is -0.590. The van der Waals surface area contributed by atoms with Crippen molar-refractivity contribution in [2.24, 2.45) is 5.92 Å². The molecule has 1 unspecified atom stereocenters. The van der Waals surface area contributed by atoms with Crippen LogP contribution in [0.15, 0.2) is 12.2 Å². The van der Waals surface area contributed by atoms with Gasteiger partial charge in [0, 0.05) is 12.8 Å². The van der Waals surface area contributed by atoms with Crippen molar-refractivity contribution < 1.29 is 4.79 Å². The number of carbonyl (C=O) groups excluding carboxylic acids is 1. The molecule has 1 atom stereocenters. The summed E-state index contributed by atoms with van der Waals surface area (Å²) in [6.07, 6.45) is 9.41. The van der Waals surface area contributed by atoms with Crippen molar-refractivity contribution in [3.63, 3.8) is 0 Å². The molecule has 0 spiro atoms. The van der Waals surface area contributed by atoms with Gasteiger partial charge >= 0.3 is 0 Å². The van der Waals surface area contributed by atoms with E-state index in [9.17, 15) is 4.79 Å². The van der Waals surface area contributed by atoms with Gasteiger partial charge in [0.2, 0.25) is 0 Å². The molecule has 0 aromatic carbocycles. The van der Waals surface area contributed by atoms with Gasteiger partial charge in [-0.1, -0.05) is 45.8 Å². The van der Waals surface area contributed by atoms with E-state index in [0.717, 1.165) is 6.42 Å². The lowest BCUT2D eigenvalue weighted by Gasteiger charge is -2.02. The number of allylic oxidation sites excluding steroid dienone is 2. The predicted octanol–water partition coefficient (Wildman–Crippen LogP) is 3.74. The molecule has 0 heterocycles. The molecule has 76 valence electrons. The van der Waals surface area contributed by atoms with E-state index in [2.05, 4.69) is 26.0 Å². The molecule has 0 radical (unpaired) electrons. The Labute approximate surface area is 82.2 Å². The van der Waals surface area contributed by atoms with E-state index < -0.39 is 0 Å². The molecule has 0 bridgehead atoms. The third-order valence-electron chi connectivity index (χ3n) is 2.13. The van der Waals surface area contributed by atoms with E-state index in [1.54, 1.807) is 0 Å². The third-order valence-corrected chi connectivity index (χ3v) is 2.13. The number of rotatable bonds is 7. The first-order chi connectivity index (χ1) is 6.20. The van der Waals surface area contributed by atoms with Gasteiger partial charge in [-0.3, -0.25) is 4.79 Å². The third kappa shape index (κ3) is 7.76. The minimum absolute atomic E-state index is 0.368. The molecule has 0 fully saturated rings. The normalized spacial score (nSPS) is 13.5. The second-order valence-electron chi connectivity index (χ2n) is 3.64. The SMILES string of the molecule is CCCC/C=C/C(C)CC(=O)CC. The zero-order valence-electron chi connectivity index (χ0n) is 9.18. The topological polar surface area (TPSA) is 17.1 Å². The van der Waals surface area contributed by atoms with Gasteiger partial charge in [0.05, 0.1) is 0 Å². The maximum absolute atomic E-state index is 11.1. The van der Waals surface area contributed by atoms with Crippen LogP contribution in [0.5, 0.6) is 0 Å². The van der Waals surface area contributed by atoms with Crippen LogP contribution in [0.1, 0.15) is 52.9 Å². The average molecular weight is 182 g/mol. The van der Waals surface area contributed by atoms with Crippen LogP contribution in [0.3, 0.4) is 0 Å². The van der Waals surface area contributed by atoms with Gasteiger partial charge in [-0.25, -0.2) is 0 Å². The average Bonchev–Trinajstić information content (AvgIpc) is 2.12. The van der Waals surface area contributed by atoms with Crippen LogP contribution in [0.25, 0.3) is 0 Å². The highest BCUT2D eigenvalue weighted by atomic mass is 16.1. The van der Waals surface area contributed by atoms with Crippen molar-refractivity contribution in [3.8, 4) is 0 Å². The summed E-state index contributed by atoms with van der Waals surface area (Å²) >= 11 is 0. The fourth-order valence-corrected chi connectivity index (χ4v) is 1.22. The van der Waals surface area contributed by atoms with Crippen molar-refractivity contribution >= 4 is 5.78 Å². The summed E-state index contributed by atoms with van der Waals surface area (Å²) < 4.78 is 0. The lowest BCUT2D eigenvalue weighted by atomic mass is 10.0. The van der Waals surface area contributed by atoms with Crippen molar-refractivity contribution in [3.05, 3.63) is 12.2 Å². The second-order valence-corrected chi connectivity index (χ2v) is 3.64. The number of carbonyl (C=O) groups is 1. The molecule has 0 aliphatic rings. The standard InChI is InChI=1S/C12H22O/c1-4-6-7-8-9-11(3)10-12(13)5-2/h8-9,11H,4-7,10H2,1-3H3/b9-8+. The molecule has 0 aromatic heterocycles. The molecule has 0 amide bonds. The van der Waals surface area contributed by atoms with Crippen LogP contribution in [0.4, 0.5) is 0 Å². The van der Waals surface area contributed by atoms with E-state index in [1.807, 2.05) is 6.92 Å². The van der Waals surface area contributed by atoms with Crippen LogP contribution in [-0.2, 0) is 4.79 Å². The molecule has 0 N–H and O–H groups in total. The summed E-state index contributed by atoms with van der Waals surface area (Å²) in [5.41, 5.74) is 0. The molecule has 0 aliphatic carbocycles. The number of unbranched alkanes of at least 4 members (excludes halogenated alkanes) is 2. The van der Waals surface area contributed by atoms with E-state index in [1.165, 1.54) is 12.8 Å². The fraction of sp³-hybridized carbons (Fsp3) is 0.750. The van der Waals surface area contributed by atoms with Gasteiger partial charge in [0.15, 0.2) is 0 Å². The number of ketones is 1. The number of Topliss-reactive ketones (excluding diaryl/α,β-unsaturated/α-hetero) is 1. The smallest absolute Gasteiger partial charge is 0.133 e. The first kappa shape index (κ1) is 12.4. The molecule has 0 aliphatic heterocycles. The Kier molecular flexibility index (Phi) is 7.66. The van der Waals surface area contributed by atoms with Crippen LogP contribution >= 0.6 is 0 Å². The van der Waals surface area contributed by atoms with Gasteiger partial charge in [-0.2, -0.15) is 0 Å². The Bertz CT molecular complexity index is 159. The van der Waals surface area contributed by atoms with Crippen LogP contribution in [-0.4, -0.2) is 5.78 Å². The summed E-state index contributed by atoms with van der Waals surface area (Å²) in [6.45, 7) is 6.23. The minimum Gasteiger partial charge on any atom is -0.300 e. The molecular formula is C12H22O. The highest BCUT2D eigenvalue weighted by molar-refractivity contribution is 5.78. The highest BCUT2D eigenvalue weighted by Gasteiger charge is 2.02. The molecular weight excluding hydrogens is 160 g/mol. The molecule has 0 saturated heterocycles. The number of hydrogen-bond donors (Lipinski definition) is 0. The van der Waals surface area contributed by atoms with Crippen LogP contribution in [0.2, 0.25) is 0 Å². The molecule has 0 saturated carbocycles. The minimum atomic E-state index is 0.368. The van der Waals surface area contributed by atoms with E-state index >= 15 is 0 Å². The van der Waals surface area contributed by atoms with E-state index in [4.69, 9.17) is 0 Å². The van der Waals surface area contributed by atoms with Gasteiger partial charge in [-0.05, 0) is 12.3 Å². The predicted molar refractivity (Wildman–Crippen MR) is 57.7 cm³/mol. The second kappa shape index (κ2) is 8.03. The molecule has 0 rings (SSSR count). The quantitative estimate of drug-likeness (QED) is 0.433. The lowest BCUT2D eigenvalue weighted by Crippen LogP contribution is -2.01. The van der Waals surface area contributed by atoms with Gasteiger partial charge < -0.3 is 0 Å². The van der Waals surface area contributed by atoms with Gasteiger partial charge in [0.1, 0.15) is 5.78 Å². The maximum atomic E-state index is 11.1. The monoisotopic (exact) mass is 182 g/mol. The molecule has 1 heteroatoms. The van der Waals surface area contributed by atoms with Gasteiger partial charge in [0.25, 0.3) is 0 Å². The summed E-state index contributed by atoms with van der Waals surface area (Å²) in [5.74, 6) is 0.789. The summed E-state index contributed by atoms with van der Waals surface area (Å²) in [5, 5.41) is 0. The van der Waals surface area contributed by atoms with Crippen molar-refractivity contribution in [2.75, 3.05) is 0 Å². The van der Waals surface area contributed by atoms with E-state index in [0.29, 0.717) is 24.5 Å². The van der Waals surface area contributed by atoms with Crippen molar-refractivity contribution in [2.45, 2.75) is 52.9 Å². The zero-order chi connectivity index (χ0) is 10.1. The Morgan fingerprint density at radius 3 is 2.62 bits per heavy atom. The first-order valence-corrected chi connectivity index (χ1v) is 5.39. The van der Waals surface area contributed by atoms with Crippen molar-refractivity contribution in [1.82, 2.24) is 0 Å². The Morgan fingerprint density at radius 1 is 1.38 bits per heavy atom. The maximum Gasteiger partial charge on any atom is 0.133 e. The zero-order valence-corrected chi connectivity index (χ0v) is 9.18.